The molecule has 0 saturated carbocycles. The van der Waals surface area contributed by atoms with Crippen molar-refractivity contribution in [1.29, 1.82) is 0 Å². The number of carbonyl (C=O) groups is 1. The molecule has 7 heteroatoms. The smallest absolute Gasteiger partial charge is 0.352 e. The third kappa shape index (κ3) is 32.7. The molecule has 4 nitrogen and oxygen atoms in total. The van der Waals surface area contributed by atoms with Gasteiger partial charge in [0.2, 0.25) is 0 Å². The van der Waals surface area contributed by atoms with Crippen molar-refractivity contribution in [2.24, 2.45) is 5.73 Å². The molecule has 4 N–H and O–H groups in total. The lowest BCUT2D eigenvalue weighted by Gasteiger charge is -2.02. The zero-order valence-electron chi connectivity index (χ0n) is 20.4. The number of hydrogen-bond acceptors (Lipinski definition) is 3. The van der Waals surface area contributed by atoms with Crippen LogP contribution in [0.1, 0.15) is 63.9 Å². The van der Waals surface area contributed by atoms with Crippen LogP contribution in [-0.4, -0.2) is 38.8 Å². The number of nitrogens with two attached hydrogens (primary N) is 1. The lowest BCUT2D eigenvalue weighted by molar-refractivity contribution is -0.0799. The Morgan fingerprint density at radius 2 is 1.52 bits per heavy atom. The van der Waals surface area contributed by atoms with Gasteiger partial charge in [-0.25, -0.2) is 0 Å². The summed E-state index contributed by atoms with van der Waals surface area (Å²) in [6.45, 7) is 17.8. The van der Waals surface area contributed by atoms with Gasteiger partial charge >= 0.3 is 6.18 Å². The molecule has 0 aliphatic rings. The predicted octanol–water partition coefficient (Wildman–Crippen LogP) is 5.90. The molecule has 31 heavy (non-hydrogen) atoms. The first-order valence-electron chi connectivity index (χ1n) is 10.6. The number of allylic oxidation sites excluding steroid dienone is 2. The molecule has 1 aromatic carbocycles. The Labute approximate surface area is 188 Å². The molecule has 1 aromatic rings. The van der Waals surface area contributed by atoms with Crippen molar-refractivity contribution in [1.82, 2.24) is 10.6 Å². The van der Waals surface area contributed by atoms with E-state index in [-0.39, 0.29) is 12.0 Å². The van der Waals surface area contributed by atoms with E-state index in [0.29, 0.717) is 6.54 Å². The van der Waals surface area contributed by atoms with Crippen LogP contribution >= 0.6 is 0 Å². The van der Waals surface area contributed by atoms with Gasteiger partial charge in [-0.15, -0.1) is 6.58 Å². The van der Waals surface area contributed by atoms with Crippen molar-refractivity contribution in [2.75, 3.05) is 26.7 Å². The Balaban J connectivity index is -0.000000173. The van der Waals surface area contributed by atoms with Gasteiger partial charge in [0.25, 0.3) is 5.91 Å². The highest BCUT2D eigenvalue weighted by atomic mass is 19.4. The molecule has 0 aromatic heterocycles. The van der Waals surface area contributed by atoms with Crippen LogP contribution in [0.15, 0.2) is 49.1 Å². The van der Waals surface area contributed by atoms with Crippen LogP contribution in [0.5, 0.6) is 0 Å². The number of benzene rings is 1. The van der Waals surface area contributed by atoms with Crippen molar-refractivity contribution in [3.05, 3.63) is 60.2 Å². The lowest BCUT2D eigenvalue weighted by atomic mass is 10.1. The van der Waals surface area contributed by atoms with Crippen LogP contribution in [-0.2, 0) is 6.42 Å². The van der Waals surface area contributed by atoms with Crippen LogP contribution < -0.4 is 16.4 Å². The molecule has 0 radical (unpaired) electrons. The maximum atomic E-state index is 11.3. The van der Waals surface area contributed by atoms with E-state index in [1.54, 1.807) is 0 Å². The van der Waals surface area contributed by atoms with Gasteiger partial charge in [0, 0.05) is 24.7 Å². The van der Waals surface area contributed by atoms with Crippen LogP contribution in [0.3, 0.4) is 0 Å². The van der Waals surface area contributed by atoms with E-state index in [2.05, 4.69) is 50.6 Å². The molecule has 0 unspecified atom stereocenters. The second-order valence-corrected chi connectivity index (χ2v) is 5.76. The van der Waals surface area contributed by atoms with E-state index in [1.807, 2.05) is 37.3 Å². The van der Waals surface area contributed by atoms with Crippen molar-refractivity contribution in [3.8, 4) is 0 Å². The summed E-state index contributed by atoms with van der Waals surface area (Å²) >= 11 is 0. The Kier molecular flexibility index (Phi) is 32.6. The largest absolute Gasteiger partial charge is 0.409 e. The molecule has 0 saturated heterocycles. The molecule has 0 atom stereocenters. The average molecular weight is 448 g/mol. The minimum absolute atomic E-state index is 0.00477. The second kappa shape index (κ2) is 27.9. The normalized spacial score (nSPS) is 9.39. The highest BCUT2D eigenvalue weighted by Gasteiger charge is 2.20. The molecular formula is C24H44F3N3O. The average Bonchev–Trinajstić information content (AvgIpc) is 2.74. The monoisotopic (exact) mass is 447 g/mol. The quantitative estimate of drug-likeness (QED) is 0.376. The first-order chi connectivity index (χ1) is 14.7. The predicted molar refractivity (Wildman–Crippen MR) is 130 cm³/mol. The number of carbonyl (C=O) groups excluding carboxylic acids is 1. The van der Waals surface area contributed by atoms with Crippen LogP contribution in [0.4, 0.5) is 13.2 Å². The van der Waals surface area contributed by atoms with Crippen molar-refractivity contribution in [3.63, 3.8) is 0 Å². The minimum Gasteiger partial charge on any atom is -0.352 e. The lowest BCUT2D eigenvalue weighted by Crippen LogP contribution is -2.22. The highest BCUT2D eigenvalue weighted by Crippen LogP contribution is 2.15. The van der Waals surface area contributed by atoms with Gasteiger partial charge in [0.15, 0.2) is 0 Å². The van der Waals surface area contributed by atoms with E-state index < -0.39 is 6.18 Å². The van der Waals surface area contributed by atoms with E-state index in [1.165, 1.54) is 26.0 Å². The van der Waals surface area contributed by atoms with Crippen molar-refractivity contribution in [2.45, 2.75) is 60.6 Å². The number of hydrogen-bond donors (Lipinski definition) is 3. The van der Waals surface area contributed by atoms with Gasteiger partial charge < -0.3 is 16.4 Å². The summed E-state index contributed by atoms with van der Waals surface area (Å²) in [6, 6.07) is 7.71. The standard InChI is InChI=1S/C11H15NO.C5H11N.C4H5F3.C3H8.CH5N/c1-3-9-5-7-10(8-6-9)11(13)12-4-2;1-3-5-6-4-2;1-2-3-4(5,6)7;1-3-2;1-2/h5-8H,3-4H2,1-2H3,(H,12,13);3,6H,1,4-5H2,2H3;2-3H,1H3;3H2,1-2H3;2H2,1H3/b;;3-2-;;. The fraction of sp³-hybridized carbons (Fsp3) is 0.542. The van der Waals surface area contributed by atoms with Gasteiger partial charge in [-0.3, -0.25) is 4.79 Å². The van der Waals surface area contributed by atoms with E-state index >= 15 is 0 Å². The Morgan fingerprint density at radius 3 is 1.74 bits per heavy atom. The number of likely N-dealkylation sites (N-methyl/N-ethyl adjacent to an activating group) is 1. The number of alkyl halides is 3. The van der Waals surface area contributed by atoms with Crippen molar-refractivity contribution >= 4 is 5.91 Å². The number of halogens is 3. The van der Waals surface area contributed by atoms with Crippen LogP contribution in [0.25, 0.3) is 0 Å². The van der Waals surface area contributed by atoms with Gasteiger partial charge in [0.1, 0.15) is 0 Å². The summed E-state index contributed by atoms with van der Waals surface area (Å²) in [7, 11) is 1.50. The summed E-state index contributed by atoms with van der Waals surface area (Å²) in [5.41, 5.74) is 6.49. The molecule has 1 amide bonds. The third-order valence-electron chi connectivity index (χ3n) is 2.86. The van der Waals surface area contributed by atoms with Crippen molar-refractivity contribution < 1.29 is 18.0 Å². The van der Waals surface area contributed by atoms with Gasteiger partial charge in [-0.1, -0.05) is 58.4 Å². The molecule has 0 bridgehead atoms. The first-order valence-corrected chi connectivity index (χ1v) is 10.6. The van der Waals surface area contributed by atoms with Gasteiger partial charge in [-0.05, 0) is 51.6 Å². The Bertz CT molecular complexity index is 528. The molecule has 0 spiro atoms. The van der Waals surface area contributed by atoms with Crippen LogP contribution in [0, 0.1) is 0 Å². The molecule has 0 aliphatic carbocycles. The molecule has 0 fully saturated rings. The third-order valence-corrected chi connectivity index (χ3v) is 2.86. The second-order valence-electron chi connectivity index (χ2n) is 5.76. The molecule has 182 valence electrons. The zero-order valence-corrected chi connectivity index (χ0v) is 20.4. The maximum Gasteiger partial charge on any atom is 0.409 e. The van der Waals surface area contributed by atoms with Gasteiger partial charge in [-0.2, -0.15) is 13.2 Å². The van der Waals surface area contributed by atoms with Gasteiger partial charge in [0.05, 0.1) is 0 Å². The Morgan fingerprint density at radius 1 is 1.03 bits per heavy atom. The van der Waals surface area contributed by atoms with Crippen LogP contribution in [0.2, 0.25) is 0 Å². The van der Waals surface area contributed by atoms with E-state index in [9.17, 15) is 18.0 Å². The molecular weight excluding hydrogens is 403 g/mol. The number of amides is 1. The molecule has 0 heterocycles. The zero-order chi connectivity index (χ0) is 25.1. The number of aryl methyl sites for hydroxylation is 1. The molecule has 0 aliphatic heterocycles. The summed E-state index contributed by atoms with van der Waals surface area (Å²) in [4.78, 5) is 11.3. The minimum atomic E-state index is -4.13. The summed E-state index contributed by atoms with van der Waals surface area (Å²) in [6.07, 6.45) is 1.13. The Hall–Kier alpha value is -2.12. The maximum absolute atomic E-state index is 11.3. The molecule has 1 rings (SSSR count). The van der Waals surface area contributed by atoms with E-state index in [0.717, 1.165) is 31.1 Å². The summed E-state index contributed by atoms with van der Waals surface area (Å²) < 4.78 is 32.9. The fourth-order valence-electron chi connectivity index (χ4n) is 1.59. The summed E-state index contributed by atoms with van der Waals surface area (Å²) in [5.74, 6) is 0.00477. The first kappa shape index (κ1) is 36.3. The summed E-state index contributed by atoms with van der Waals surface area (Å²) in [5, 5.41) is 5.84. The SMILES string of the molecule is C/C=C\C(F)(F)F.C=CCNCC.CCC.CCNC(=O)c1ccc(CC)cc1.CN. The topological polar surface area (TPSA) is 67.1 Å². The fourth-order valence-corrected chi connectivity index (χ4v) is 1.59. The van der Waals surface area contributed by atoms with E-state index in [4.69, 9.17) is 0 Å². The number of nitrogens with one attached hydrogen (secondary N) is 2. The highest BCUT2D eigenvalue weighted by molar-refractivity contribution is 5.94. The number of rotatable bonds is 6.